The molecule has 1 saturated heterocycles. The third kappa shape index (κ3) is 1.66. The first kappa shape index (κ1) is 10.3. The van der Waals surface area contributed by atoms with Gasteiger partial charge >= 0.3 is 0 Å². The van der Waals surface area contributed by atoms with Gasteiger partial charge in [0.15, 0.2) is 0 Å². The molecule has 4 heteroatoms. The number of rotatable bonds is 1. The molecule has 0 spiro atoms. The van der Waals surface area contributed by atoms with Crippen molar-refractivity contribution in [2.75, 3.05) is 13.6 Å². The van der Waals surface area contributed by atoms with E-state index in [4.69, 9.17) is 0 Å². The van der Waals surface area contributed by atoms with Crippen molar-refractivity contribution in [3.63, 3.8) is 0 Å². The van der Waals surface area contributed by atoms with Crippen molar-refractivity contribution in [2.24, 2.45) is 0 Å². The van der Waals surface area contributed by atoms with E-state index in [1.165, 1.54) is 30.5 Å². The lowest BCUT2D eigenvalue weighted by molar-refractivity contribution is 0.313. The molecule has 3 heterocycles. The van der Waals surface area contributed by atoms with E-state index in [0.717, 1.165) is 10.1 Å². The number of fused-ring (bicyclic) bond motifs is 1. The average Bonchev–Trinajstić information content (AvgIpc) is 2.82. The predicted molar refractivity (Wildman–Crippen MR) is 68.4 cm³/mol. The van der Waals surface area contributed by atoms with Crippen LogP contribution in [0.5, 0.6) is 0 Å². The quantitative estimate of drug-likeness (QED) is 0.814. The van der Waals surface area contributed by atoms with Crippen molar-refractivity contribution >= 4 is 26.8 Å². The summed E-state index contributed by atoms with van der Waals surface area (Å²) in [5, 5.41) is 1.19. The summed E-state index contributed by atoms with van der Waals surface area (Å²) in [6, 6.07) is 4.81. The second-order valence-electron chi connectivity index (χ2n) is 4.46. The monoisotopic (exact) mass is 279 g/mol. The number of H-pyrrole nitrogens is 1. The predicted octanol–water partition coefficient (Wildman–Crippen LogP) is 3.09. The number of aromatic nitrogens is 2. The lowest BCUT2D eigenvalue weighted by atomic mass is 10.1. The van der Waals surface area contributed by atoms with E-state index < -0.39 is 0 Å². The van der Waals surface area contributed by atoms with Crippen LogP contribution in [0.2, 0.25) is 0 Å². The molecule has 0 saturated carbocycles. The van der Waals surface area contributed by atoms with Gasteiger partial charge in [-0.25, -0.2) is 4.98 Å². The molecular weight excluding hydrogens is 266 g/mol. The number of pyridine rings is 1. The van der Waals surface area contributed by atoms with Crippen molar-refractivity contribution < 1.29 is 0 Å². The molecule has 0 aliphatic carbocycles. The van der Waals surface area contributed by atoms with E-state index in [1.807, 2.05) is 12.3 Å². The van der Waals surface area contributed by atoms with Crippen LogP contribution in [0, 0.1) is 0 Å². The number of likely N-dealkylation sites (tertiary alicyclic amines) is 1. The van der Waals surface area contributed by atoms with Crippen LogP contribution in [0.4, 0.5) is 0 Å². The summed E-state index contributed by atoms with van der Waals surface area (Å²) in [6.45, 7) is 1.20. The molecule has 0 aromatic carbocycles. The molecule has 1 unspecified atom stereocenters. The molecule has 2 aromatic heterocycles. The van der Waals surface area contributed by atoms with Crippen molar-refractivity contribution in [1.82, 2.24) is 14.9 Å². The molecule has 0 bridgehead atoms. The zero-order valence-corrected chi connectivity index (χ0v) is 10.8. The van der Waals surface area contributed by atoms with Crippen LogP contribution in [0.15, 0.2) is 22.9 Å². The Kier molecular flexibility index (Phi) is 2.48. The Balaban J connectivity index is 2.04. The smallest absolute Gasteiger partial charge is 0.108 e. The maximum atomic E-state index is 4.25. The minimum absolute atomic E-state index is 0.547. The molecule has 0 amide bonds. The molecule has 1 fully saturated rings. The van der Waals surface area contributed by atoms with Gasteiger partial charge in [-0.1, -0.05) is 0 Å². The van der Waals surface area contributed by atoms with Gasteiger partial charge in [-0.2, -0.15) is 0 Å². The normalized spacial score (nSPS) is 22.0. The largest absolute Gasteiger partial charge is 0.357 e. The lowest BCUT2D eigenvalue weighted by Gasteiger charge is -2.17. The fourth-order valence-electron chi connectivity index (χ4n) is 2.51. The lowest BCUT2D eigenvalue weighted by Crippen LogP contribution is -2.17. The first-order chi connectivity index (χ1) is 7.74. The first-order valence-corrected chi connectivity index (χ1v) is 6.38. The highest BCUT2D eigenvalue weighted by atomic mass is 79.9. The Morgan fingerprint density at radius 2 is 2.38 bits per heavy atom. The fourth-order valence-corrected chi connectivity index (χ4v) is 2.84. The number of hydrogen-bond acceptors (Lipinski definition) is 2. The molecule has 3 nitrogen and oxygen atoms in total. The summed E-state index contributed by atoms with van der Waals surface area (Å²) >= 11 is 3.40. The zero-order chi connectivity index (χ0) is 11.1. The van der Waals surface area contributed by atoms with Crippen LogP contribution >= 0.6 is 15.9 Å². The van der Waals surface area contributed by atoms with E-state index >= 15 is 0 Å². The van der Waals surface area contributed by atoms with Gasteiger partial charge in [0.25, 0.3) is 0 Å². The molecule has 1 aliphatic rings. The molecule has 3 rings (SSSR count). The molecule has 2 aromatic rings. The van der Waals surface area contributed by atoms with Gasteiger partial charge in [-0.05, 0) is 54.5 Å². The molecule has 1 aliphatic heterocycles. The Bertz CT molecular complexity index is 520. The molecule has 1 N–H and O–H groups in total. The average molecular weight is 280 g/mol. The number of halogens is 1. The third-order valence-electron chi connectivity index (χ3n) is 3.37. The summed E-state index contributed by atoms with van der Waals surface area (Å²) in [7, 11) is 2.19. The minimum atomic E-state index is 0.547. The molecular formula is C12H14BrN3. The van der Waals surface area contributed by atoms with E-state index in [1.54, 1.807) is 0 Å². The van der Waals surface area contributed by atoms with E-state index in [9.17, 15) is 0 Å². The van der Waals surface area contributed by atoms with Gasteiger partial charge in [0.1, 0.15) is 4.60 Å². The maximum absolute atomic E-state index is 4.25. The SMILES string of the molecule is CN1CCCC1c1cc2cnc(Br)cc2[nH]1. The van der Waals surface area contributed by atoms with E-state index in [0.29, 0.717) is 6.04 Å². The van der Waals surface area contributed by atoms with Crippen molar-refractivity contribution in [3.8, 4) is 0 Å². The van der Waals surface area contributed by atoms with Crippen LogP contribution in [0.1, 0.15) is 24.6 Å². The van der Waals surface area contributed by atoms with E-state index in [2.05, 4.69) is 43.9 Å². The number of hydrogen-bond donors (Lipinski definition) is 1. The summed E-state index contributed by atoms with van der Waals surface area (Å²) in [5.74, 6) is 0. The third-order valence-corrected chi connectivity index (χ3v) is 3.80. The zero-order valence-electron chi connectivity index (χ0n) is 9.20. The van der Waals surface area contributed by atoms with Crippen LogP contribution in [0.25, 0.3) is 10.9 Å². The van der Waals surface area contributed by atoms with Crippen molar-refractivity contribution in [2.45, 2.75) is 18.9 Å². The second-order valence-corrected chi connectivity index (χ2v) is 5.27. The Labute approximate surface area is 103 Å². The van der Waals surface area contributed by atoms with Gasteiger partial charge in [0, 0.05) is 28.8 Å². The number of nitrogens with zero attached hydrogens (tertiary/aromatic N) is 2. The standard InChI is InChI=1S/C12H14BrN3/c1-16-4-2-3-11(16)10-5-8-7-14-12(13)6-9(8)15-10/h5-7,11,15H,2-4H2,1H3. The van der Waals surface area contributed by atoms with Gasteiger partial charge in [0.05, 0.1) is 0 Å². The van der Waals surface area contributed by atoms with Gasteiger partial charge < -0.3 is 4.98 Å². The van der Waals surface area contributed by atoms with Crippen LogP contribution in [-0.2, 0) is 0 Å². The summed E-state index contributed by atoms with van der Waals surface area (Å²) < 4.78 is 0.883. The van der Waals surface area contributed by atoms with Crippen LogP contribution in [-0.4, -0.2) is 28.5 Å². The van der Waals surface area contributed by atoms with Gasteiger partial charge in [-0.3, -0.25) is 4.90 Å². The Hall–Kier alpha value is -0.870. The highest BCUT2D eigenvalue weighted by Gasteiger charge is 2.23. The highest BCUT2D eigenvalue weighted by Crippen LogP contribution is 2.31. The molecule has 16 heavy (non-hydrogen) atoms. The highest BCUT2D eigenvalue weighted by molar-refractivity contribution is 9.10. The van der Waals surface area contributed by atoms with Gasteiger partial charge in [-0.15, -0.1) is 0 Å². The fraction of sp³-hybridized carbons (Fsp3) is 0.417. The topological polar surface area (TPSA) is 31.9 Å². The Morgan fingerprint density at radius 1 is 1.50 bits per heavy atom. The number of aromatic amines is 1. The van der Waals surface area contributed by atoms with Crippen molar-refractivity contribution in [1.29, 1.82) is 0 Å². The summed E-state index contributed by atoms with van der Waals surface area (Å²) in [6.07, 6.45) is 4.45. The summed E-state index contributed by atoms with van der Waals surface area (Å²) in [4.78, 5) is 10.2. The molecule has 0 radical (unpaired) electrons. The van der Waals surface area contributed by atoms with E-state index in [-0.39, 0.29) is 0 Å². The molecule has 1 atom stereocenters. The van der Waals surface area contributed by atoms with Crippen LogP contribution < -0.4 is 0 Å². The van der Waals surface area contributed by atoms with Crippen LogP contribution in [0.3, 0.4) is 0 Å². The molecule has 84 valence electrons. The van der Waals surface area contributed by atoms with Gasteiger partial charge in [0.2, 0.25) is 0 Å². The second kappa shape index (κ2) is 3.86. The Morgan fingerprint density at radius 3 is 3.12 bits per heavy atom. The minimum Gasteiger partial charge on any atom is -0.357 e. The van der Waals surface area contributed by atoms with Crippen molar-refractivity contribution in [3.05, 3.63) is 28.6 Å². The first-order valence-electron chi connectivity index (χ1n) is 5.58. The number of nitrogens with one attached hydrogen (secondary N) is 1. The summed E-state index contributed by atoms with van der Waals surface area (Å²) in [5.41, 5.74) is 2.48. The maximum Gasteiger partial charge on any atom is 0.108 e.